The Morgan fingerprint density at radius 3 is 2.10 bits per heavy atom. The van der Waals surface area contributed by atoms with E-state index in [-0.39, 0.29) is 41.5 Å². The third-order valence-electron chi connectivity index (χ3n) is 12.6. The maximum absolute atomic E-state index is 14.8. The van der Waals surface area contributed by atoms with Gasteiger partial charge in [-0.25, -0.2) is 17.5 Å². The molecule has 0 aromatic heterocycles. The zero-order valence-electron chi connectivity index (χ0n) is 30.0. The van der Waals surface area contributed by atoms with Gasteiger partial charge in [0.2, 0.25) is 27.6 Å². The molecule has 13 nitrogen and oxygen atoms in total. The van der Waals surface area contributed by atoms with Gasteiger partial charge in [-0.1, -0.05) is 59.3 Å². The van der Waals surface area contributed by atoms with E-state index in [0.717, 1.165) is 83.3 Å². The Balaban J connectivity index is 1.39. The van der Waals surface area contributed by atoms with Crippen LogP contribution in [0.4, 0.5) is 4.79 Å². The number of carbonyl (C=O) groups is 5. The van der Waals surface area contributed by atoms with Gasteiger partial charge in [0, 0.05) is 26.2 Å². The van der Waals surface area contributed by atoms with Crippen molar-refractivity contribution in [3.05, 3.63) is 0 Å². The molecule has 1 spiro atoms. The fraction of sp³-hybridized carbons (Fsp3) is 0.857. The van der Waals surface area contributed by atoms with E-state index in [9.17, 15) is 32.4 Å². The number of sulfonamides is 1. The van der Waals surface area contributed by atoms with E-state index in [4.69, 9.17) is 5.73 Å². The van der Waals surface area contributed by atoms with Crippen LogP contribution >= 0.6 is 0 Å². The number of carbonyl (C=O) groups excluding carboxylic acids is 5. The summed E-state index contributed by atoms with van der Waals surface area (Å²) in [6, 6.07) is -3.83. The van der Waals surface area contributed by atoms with Crippen molar-refractivity contribution in [1.29, 1.82) is 0 Å². The molecule has 49 heavy (non-hydrogen) atoms. The Labute approximate surface area is 291 Å². The van der Waals surface area contributed by atoms with Crippen LogP contribution in [0.25, 0.3) is 0 Å². The van der Waals surface area contributed by atoms with E-state index in [1.807, 2.05) is 20.8 Å². The van der Waals surface area contributed by atoms with Gasteiger partial charge >= 0.3 is 6.03 Å². The molecule has 0 aromatic carbocycles. The number of amides is 5. The highest BCUT2D eigenvalue weighted by Gasteiger charge is 2.64. The van der Waals surface area contributed by atoms with Crippen molar-refractivity contribution in [2.75, 3.05) is 26.4 Å². The lowest BCUT2D eigenvalue weighted by molar-refractivity contribution is -0.144. The van der Waals surface area contributed by atoms with Crippen molar-refractivity contribution in [3.63, 3.8) is 0 Å². The molecule has 1 unspecified atom stereocenters. The molecule has 4 saturated carbocycles. The summed E-state index contributed by atoms with van der Waals surface area (Å²) in [6.07, 6.45) is 12.7. The van der Waals surface area contributed by atoms with Gasteiger partial charge in [-0.3, -0.25) is 19.2 Å². The lowest BCUT2D eigenvalue weighted by Crippen LogP contribution is -2.61. The molecule has 0 radical (unpaired) electrons. The van der Waals surface area contributed by atoms with E-state index < -0.39 is 63.2 Å². The third-order valence-corrected chi connectivity index (χ3v) is 13.8. The maximum atomic E-state index is 14.8. The summed E-state index contributed by atoms with van der Waals surface area (Å²) in [5.41, 5.74) is 5.04. The number of nitrogens with two attached hydrogens (primary N) is 1. The highest BCUT2D eigenvalue weighted by atomic mass is 32.2. The fourth-order valence-electron chi connectivity index (χ4n) is 8.92. The van der Waals surface area contributed by atoms with Gasteiger partial charge in [-0.05, 0) is 79.4 Å². The summed E-state index contributed by atoms with van der Waals surface area (Å²) in [4.78, 5) is 69.3. The fourth-order valence-corrected chi connectivity index (χ4v) is 9.34. The first-order valence-electron chi connectivity index (χ1n) is 18.3. The number of hydrogen-bond acceptors (Lipinski definition) is 7. The summed E-state index contributed by atoms with van der Waals surface area (Å²) in [7, 11) is -2.02. The average Bonchev–Trinajstić information content (AvgIpc) is 3.57. The van der Waals surface area contributed by atoms with E-state index in [0.29, 0.717) is 13.0 Å². The first kappa shape index (κ1) is 37.5. The highest BCUT2D eigenvalue weighted by molar-refractivity contribution is 7.88. The second kappa shape index (κ2) is 14.5. The quantitative estimate of drug-likeness (QED) is 0.212. The summed E-state index contributed by atoms with van der Waals surface area (Å²) in [6.45, 7) is 6.22. The predicted octanol–water partition coefficient (Wildman–Crippen LogP) is 2.29. The number of likely N-dealkylation sites (N-methyl/N-ethyl adjacent to an activating group) is 1. The minimum absolute atomic E-state index is 0.0592. The largest absolute Gasteiger partial charge is 0.363 e. The molecule has 0 bridgehead atoms. The number of nitrogens with zero attached hydrogens (tertiary/aromatic N) is 2. The zero-order valence-corrected chi connectivity index (χ0v) is 30.8. The van der Waals surface area contributed by atoms with Crippen LogP contribution in [0.2, 0.25) is 0 Å². The molecule has 5 fully saturated rings. The van der Waals surface area contributed by atoms with Crippen molar-refractivity contribution in [2.45, 2.75) is 128 Å². The van der Waals surface area contributed by atoms with Gasteiger partial charge in [0.15, 0.2) is 0 Å². The standard InChI is InChI=1S/C35H58N6O7S/c1-34(2,3)26(20-40(4)49(5,47)48)38-33(46)39-27(22-12-7-6-8-13-22)32(45)41-19-24-23(14-15-35(24)16-17-35)28(41)31(44)37-25(29(42)30(36)43)18-21-10-9-11-21/h21-28H,6-20H2,1-5H3,(H2,36,43)(H,37,44)(H2,38,39,46)/t23-,24-,25?,26+,27-,28-/m0/s1. The van der Waals surface area contributed by atoms with Crippen LogP contribution in [0, 0.1) is 34.5 Å². The van der Waals surface area contributed by atoms with Crippen molar-refractivity contribution in [2.24, 2.45) is 40.2 Å². The lowest BCUT2D eigenvalue weighted by Gasteiger charge is -2.37. The molecule has 1 aliphatic heterocycles. The Bertz CT molecular complexity index is 1400. The number of rotatable bonds is 13. The number of urea groups is 1. The lowest BCUT2D eigenvalue weighted by atomic mass is 9.80. The van der Waals surface area contributed by atoms with Crippen LogP contribution in [0.1, 0.15) is 104 Å². The minimum Gasteiger partial charge on any atom is -0.363 e. The molecule has 5 rings (SSSR count). The molecule has 1 heterocycles. The van der Waals surface area contributed by atoms with Gasteiger partial charge < -0.3 is 26.6 Å². The number of likely N-dealkylation sites (tertiary alicyclic amines) is 1. The van der Waals surface area contributed by atoms with Gasteiger partial charge in [0.1, 0.15) is 12.1 Å². The van der Waals surface area contributed by atoms with Gasteiger partial charge in [-0.2, -0.15) is 0 Å². The summed E-state index contributed by atoms with van der Waals surface area (Å²) >= 11 is 0. The maximum Gasteiger partial charge on any atom is 0.315 e. The smallest absolute Gasteiger partial charge is 0.315 e. The Morgan fingerprint density at radius 1 is 0.918 bits per heavy atom. The molecule has 5 N–H and O–H groups in total. The Morgan fingerprint density at radius 2 is 1.57 bits per heavy atom. The van der Waals surface area contributed by atoms with E-state index >= 15 is 0 Å². The molecule has 14 heteroatoms. The van der Waals surface area contributed by atoms with Crippen LogP contribution in [0.5, 0.6) is 0 Å². The number of primary amides is 1. The van der Waals surface area contributed by atoms with Crippen molar-refractivity contribution in [3.8, 4) is 0 Å². The third kappa shape index (κ3) is 8.43. The molecule has 5 amide bonds. The van der Waals surface area contributed by atoms with E-state index in [1.54, 1.807) is 4.90 Å². The number of nitrogens with one attached hydrogen (secondary N) is 3. The zero-order chi connectivity index (χ0) is 35.9. The minimum atomic E-state index is -3.49. The van der Waals surface area contributed by atoms with Crippen molar-refractivity contribution >= 4 is 39.6 Å². The van der Waals surface area contributed by atoms with Crippen LogP contribution in [0.3, 0.4) is 0 Å². The molecular formula is C35H58N6O7S. The van der Waals surface area contributed by atoms with Gasteiger partial charge in [-0.15, -0.1) is 0 Å². The van der Waals surface area contributed by atoms with Crippen LogP contribution in [0.15, 0.2) is 0 Å². The average molecular weight is 707 g/mol. The SMILES string of the molecule is CN(C[C@@H](NC(=O)N[C@H](C(=O)N1C[C@H]2[C@H](CCC23CC3)[C@H]1C(=O)NC(CC1CCC1)C(=O)C(N)=O)C1CCCCC1)C(C)(C)C)S(C)(=O)=O. The van der Waals surface area contributed by atoms with Crippen LogP contribution < -0.4 is 21.7 Å². The summed E-state index contributed by atoms with van der Waals surface area (Å²) in [5.74, 6) is -2.43. The summed E-state index contributed by atoms with van der Waals surface area (Å²) in [5, 5.41) is 8.84. The van der Waals surface area contributed by atoms with Gasteiger partial charge in [0.25, 0.3) is 5.91 Å². The predicted molar refractivity (Wildman–Crippen MR) is 184 cm³/mol. The number of Topliss-reactive ketones (excluding diaryl/α,β-unsaturated/α-hetero) is 1. The second-order valence-corrected chi connectivity index (χ2v) is 19.0. The van der Waals surface area contributed by atoms with Crippen molar-refractivity contribution < 1.29 is 32.4 Å². The highest BCUT2D eigenvalue weighted by Crippen LogP contribution is 2.66. The topological polar surface area (TPSA) is 188 Å². The molecule has 276 valence electrons. The first-order chi connectivity index (χ1) is 22.9. The number of fused-ring (bicyclic) bond motifs is 2. The number of ketones is 1. The molecule has 5 aliphatic rings. The van der Waals surface area contributed by atoms with Crippen LogP contribution in [-0.2, 0) is 29.2 Å². The number of hydrogen-bond donors (Lipinski definition) is 4. The van der Waals surface area contributed by atoms with E-state index in [1.165, 1.54) is 11.4 Å². The Hall–Kier alpha value is -2.74. The van der Waals surface area contributed by atoms with Crippen molar-refractivity contribution in [1.82, 2.24) is 25.2 Å². The van der Waals surface area contributed by atoms with Crippen LogP contribution in [-0.4, -0.2) is 97.7 Å². The second-order valence-electron chi connectivity index (χ2n) is 16.9. The first-order valence-corrected chi connectivity index (χ1v) is 20.2. The Kier molecular flexibility index (Phi) is 11.1. The van der Waals surface area contributed by atoms with Gasteiger partial charge in [0.05, 0.1) is 12.3 Å². The monoisotopic (exact) mass is 706 g/mol. The molecule has 4 aliphatic carbocycles. The molecule has 0 aromatic rings. The normalized spacial score (nSPS) is 27.1. The molecular weight excluding hydrogens is 648 g/mol. The van der Waals surface area contributed by atoms with E-state index in [2.05, 4.69) is 16.0 Å². The molecule has 1 saturated heterocycles. The summed E-state index contributed by atoms with van der Waals surface area (Å²) < 4.78 is 25.6. The molecule has 6 atom stereocenters.